The van der Waals surface area contributed by atoms with Crippen LogP contribution in [0.4, 0.5) is 0 Å². The highest BCUT2D eigenvalue weighted by molar-refractivity contribution is 6.06. The van der Waals surface area contributed by atoms with Crippen LogP contribution in [0.15, 0.2) is 29.3 Å². The summed E-state index contributed by atoms with van der Waals surface area (Å²) in [6.07, 6.45) is 3.95. The Kier molecular flexibility index (Phi) is 2.17. The van der Waals surface area contributed by atoms with Gasteiger partial charge in [-0.25, -0.2) is 9.79 Å². The maximum atomic E-state index is 10.9. The van der Waals surface area contributed by atoms with E-state index in [2.05, 4.69) is 4.99 Å². The van der Waals surface area contributed by atoms with Crippen LogP contribution in [-0.4, -0.2) is 17.0 Å². The lowest BCUT2D eigenvalue weighted by atomic mass is 10.2. The fourth-order valence-corrected chi connectivity index (χ4v) is 1.33. The topological polar surface area (TPSA) is 66.7 Å². The molecule has 0 radical (unpaired) electrons. The van der Waals surface area contributed by atoms with E-state index in [9.17, 15) is 9.59 Å². The van der Waals surface area contributed by atoms with Gasteiger partial charge in [0.1, 0.15) is 0 Å². The highest BCUT2D eigenvalue weighted by Gasteiger charge is 2.02. The van der Waals surface area contributed by atoms with Crippen molar-refractivity contribution in [1.29, 1.82) is 0 Å². The first-order chi connectivity index (χ1) is 7.15. The maximum Gasteiger partial charge on any atom is 0.328 e. The third-order valence-corrected chi connectivity index (χ3v) is 1.98. The smallest absolute Gasteiger partial charge is 0.328 e. The number of amides is 1. The summed E-state index contributed by atoms with van der Waals surface area (Å²) in [5.74, 6) is -1.28. The van der Waals surface area contributed by atoms with E-state index in [1.54, 1.807) is 18.2 Å². The summed E-state index contributed by atoms with van der Waals surface area (Å²) in [5.41, 5.74) is 0.711. The molecule has 1 aliphatic heterocycles. The Bertz CT molecular complexity index is 584. The molecular weight excluding hydrogens is 194 g/mol. The molecular formula is C11H7NO3. The van der Waals surface area contributed by atoms with Crippen LogP contribution in [-0.2, 0) is 9.59 Å². The predicted octanol–water partition coefficient (Wildman–Crippen LogP) is -0.275. The van der Waals surface area contributed by atoms with E-state index in [0.29, 0.717) is 10.9 Å². The van der Waals surface area contributed by atoms with Crippen LogP contribution in [0.5, 0.6) is 0 Å². The monoisotopic (exact) mass is 201 g/mol. The van der Waals surface area contributed by atoms with Crippen molar-refractivity contribution >= 4 is 24.0 Å². The molecule has 0 fully saturated rings. The molecule has 1 aliphatic rings. The molecule has 0 spiro atoms. The lowest BCUT2D eigenvalue weighted by Crippen LogP contribution is -2.20. The SMILES string of the molecule is O=C(O)/C=C/c1ccc2c(c1)=NC(=O)C=2. The third-order valence-electron chi connectivity index (χ3n) is 1.98. The molecule has 0 bridgehead atoms. The van der Waals surface area contributed by atoms with Crippen molar-refractivity contribution in [2.24, 2.45) is 4.99 Å². The van der Waals surface area contributed by atoms with Crippen LogP contribution in [0.3, 0.4) is 0 Å². The number of carbonyl (C=O) groups excluding carboxylic acids is 1. The third kappa shape index (κ3) is 1.99. The summed E-state index contributed by atoms with van der Waals surface area (Å²) >= 11 is 0. The average Bonchev–Trinajstić information content (AvgIpc) is 2.53. The minimum atomic E-state index is -1.00. The summed E-state index contributed by atoms with van der Waals surface area (Å²) in [6.45, 7) is 0. The fourth-order valence-electron chi connectivity index (χ4n) is 1.33. The summed E-state index contributed by atoms with van der Waals surface area (Å²) in [6, 6.07) is 5.16. The average molecular weight is 201 g/mol. The van der Waals surface area contributed by atoms with E-state index in [1.807, 2.05) is 0 Å². The van der Waals surface area contributed by atoms with Crippen molar-refractivity contribution in [3.63, 3.8) is 0 Å². The lowest BCUT2D eigenvalue weighted by molar-refractivity contribution is -0.131. The van der Waals surface area contributed by atoms with E-state index >= 15 is 0 Å². The summed E-state index contributed by atoms with van der Waals surface area (Å²) < 4.78 is 0. The summed E-state index contributed by atoms with van der Waals surface area (Å²) in [5, 5.41) is 9.80. The normalized spacial score (nSPS) is 13.5. The van der Waals surface area contributed by atoms with Gasteiger partial charge in [-0.3, -0.25) is 4.79 Å². The van der Waals surface area contributed by atoms with Crippen LogP contribution in [0, 0.1) is 0 Å². The van der Waals surface area contributed by atoms with Crippen molar-refractivity contribution in [2.45, 2.75) is 0 Å². The quantitative estimate of drug-likeness (QED) is 0.669. The first-order valence-corrected chi connectivity index (χ1v) is 4.31. The van der Waals surface area contributed by atoms with E-state index in [-0.39, 0.29) is 5.91 Å². The number of fused-ring (bicyclic) bond motifs is 1. The Balaban J connectivity index is 2.45. The second-order valence-electron chi connectivity index (χ2n) is 3.08. The van der Waals surface area contributed by atoms with Gasteiger partial charge in [0.2, 0.25) is 0 Å². The predicted molar refractivity (Wildman–Crippen MR) is 53.4 cm³/mol. The number of carboxylic acids is 1. The molecule has 1 N–H and O–H groups in total. The van der Waals surface area contributed by atoms with Gasteiger partial charge in [-0.15, -0.1) is 0 Å². The van der Waals surface area contributed by atoms with Gasteiger partial charge < -0.3 is 5.11 Å². The van der Waals surface area contributed by atoms with E-state index in [4.69, 9.17) is 5.11 Å². The molecule has 0 atom stereocenters. The molecule has 0 aromatic heterocycles. The number of aliphatic carboxylic acids is 1. The second kappa shape index (κ2) is 3.49. The van der Waals surface area contributed by atoms with Gasteiger partial charge >= 0.3 is 5.97 Å². The van der Waals surface area contributed by atoms with Gasteiger partial charge in [-0.05, 0) is 17.7 Å². The van der Waals surface area contributed by atoms with Crippen LogP contribution in [0.1, 0.15) is 5.56 Å². The van der Waals surface area contributed by atoms with Crippen LogP contribution >= 0.6 is 0 Å². The van der Waals surface area contributed by atoms with Crippen molar-refractivity contribution in [1.82, 2.24) is 0 Å². The molecule has 0 saturated carbocycles. The summed E-state index contributed by atoms with van der Waals surface area (Å²) in [4.78, 5) is 25.0. The molecule has 74 valence electrons. The number of carbonyl (C=O) groups is 2. The van der Waals surface area contributed by atoms with Crippen molar-refractivity contribution in [3.05, 3.63) is 40.4 Å². The number of benzene rings is 1. The minimum absolute atomic E-state index is 0.274. The first kappa shape index (κ1) is 9.33. The molecule has 4 heteroatoms. The van der Waals surface area contributed by atoms with Gasteiger partial charge in [0.15, 0.2) is 0 Å². The van der Waals surface area contributed by atoms with Gasteiger partial charge in [0.05, 0.1) is 5.36 Å². The number of hydrogen-bond donors (Lipinski definition) is 1. The molecule has 0 aliphatic carbocycles. The van der Waals surface area contributed by atoms with Crippen LogP contribution in [0.25, 0.3) is 12.2 Å². The maximum absolute atomic E-state index is 10.9. The van der Waals surface area contributed by atoms with Crippen LogP contribution < -0.4 is 10.6 Å². The highest BCUT2D eigenvalue weighted by Crippen LogP contribution is 1.97. The van der Waals surface area contributed by atoms with Crippen LogP contribution in [0.2, 0.25) is 0 Å². The van der Waals surface area contributed by atoms with E-state index in [1.165, 1.54) is 12.2 Å². The van der Waals surface area contributed by atoms with Gasteiger partial charge in [-0.2, -0.15) is 0 Å². The Hall–Kier alpha value is -2.23. The fraction of sp³-hybridized carbons (Fsp3) is 0. The number of hydrogen-bond acceptors (Lipinski definition) is 2. The Morgan fingerprint density at radius 3 is 2.93 bits per heavy atom. The lowest BCUT2D eigenvalue weighted by Gasteiger charge is -1.90. The zero-order valence-electron chi connectivity index (χ0n) is 7.68. The zero-order valence-corrected chi connectivity index (χ0v) is 7.68. The van der Waals surface area contributed by atoms with Gasteiger partial charge in [0.25, 0.3) is 5.91 Å². The van der Waals surface area contributed by atoms with Crippen molar-refractivity contribution in [2.75, 3.05) is 0 Å². The molecule has 0 unspecified atom stereocenters. The molecule has 15 heavy (non-hydrogen) atoms. The minimum Gasteiger partial charge on any atom is -0.478 e. The Morgan fingerprint density at radius 1 is 1.40 bits per heavy atom. The first-order valence-electron chi connectivity index (χ1n) is 4.31. The largest absolute Gasteiger partial charge is 0.478 e. The van der Waals surface area contributed by atoms with E-state index < -0.39 is 5.97 Å². The number of carboxylic acid groups (broad SMARTS) is 1. The molecule has 1 aromatic carbocycles. The summed E-state index contributed by atoms with van der Waals surface area (Å²) in [7, 11) is 0. The molecule has 1 amide bonds. The molecule has 0 saturated heterocycles. The van der Waals surface area contributed by atoms with Gasteiger partial charge in [0, 0.05) is 17.4 Å². The van der Waals surface area contributed by atoms with E-state index in [0.717, 1.165) is 11.3 Å². The molecule has 1 aromatic rings. The Labute approximate surface area is 84.9 Å². The molecule has 2 rings (SSSR count). The number of nitrogens with zero attached hydrogens (tertiary/aromatic N) is 1. The molecule has 1 heterocycles. The zero-order chi connectivity index (χ0) is 10.8. The molecule has 4 nitrogen and oxygen atoms in total. The standard InChI is InChI=1S/C11H7NO3/c13-10-6-8-3-1-7(2-4-11(14)15)5-9(8)12-10/h1-6H,(H,14,15)/b4-2+. The van der Waals surface area contributed by atoms with Gasteiger partial charge in [-0.1, -0.05) is 12.1 Å². The van der Waals surface area contributed by atoms with Crippen molar-refractivity contribution < 1.29 is 14.7 Å². The number of rotatable bonds is 2. The van der Waals surface area contributed by atoms with Crippen molar-refractivity contribution in [3.8, 4) is 0 Å². The highest BCUT2D eigenvalue weighted by atomic mass is 16.4. The second-order valence-corrected chi connectivity index (χ2v) is 3.08. The Morgan fingerprint density at radius 2 is 2.20 bits per heavy atom.